The molecule has 142 valence electrons. The molecule has 1 amide bonds. The normalized spacial score (nSPS) is 13.3. The summed E-state index contributed by atoms with van der Waals surface area (Å²) >= 11 is 1.46. The number of H-pyrrole nitrogens is 1. The van der Waals surface area contributed by atoms with Crippen LogP contribution in [0, 0.1) is 0 Å². The maximum absolute atomic E-state index is 11.4. The van der Waals surface area contributed by atoms with Gasteiger partial charge in [-0.05, 0) is 49.4 Å². The lowest BCUT2D eigenvalue weighted by atomic mass is 10.1. The van der Waals surface area contributed by atoms with Gasteiger partial charge in [-0.3, -0.25) is 4.79 Å². The predicted molar refractivity (Wildman–Crippen MR) is 108 cm³/mol. The quantitative estimate of drug-likeness (QED) is 0.620. The molecule has 0 spiro atoms. The topological polar surface area (TPSA) is 90.2 Å². The van der Waals surface area contributed by atoms with Crippen molar-refractivity contribution in [2.24, 2.45) is 5.73 Å². The van der Waals surface area contributed by atoms with E-state index >= 15 is 0 Å². The number of nitrogens with two attached hydrogens (primary N) is 1. The fraction of sp³-hybridized carbons (Fsp3) is 0.300. The Kier molecular flexibility index (Phi) is 5.91. The van der Waals surface area contributed by atoms with E-state index in [4.69, 9.17) is 15.2 Å². The van der Waals surface area contributed by atoms with Gasteiger partial charge in [0.25, 0.3) is 0 Å². The van der Waals surface area contributed by atoms with Gasteiger partial charge in [0.2, 0.25) is 5.91 Å². The smallest absolute Gasteiger partial charge is 0.230 e. The third kappa shape index (κ3) is 4.54. The lowest BCUT2D eigenvalue weighted by Gasteiger charge is -2.14. The number of primary amides is 1. The molecule has 2 atom stereocenters. The monoisotopic (exact) mass is 385 g/mol. The first-order valence-electron chi connectivity index (χ1n) is 8.61. The van der Waals surface area contributed by atoms with Gasteiger partial charge in [-0.25, -0.2) is 4.98 Å². The molecule has 3 rings (SSSR count). The Hall–Kier alpha value is -2.67. The van der Waals surface area contributed by atoms with Gasteiger partial charge in [0.15, 0.2) is 6.10 Å². The van der Waals surface area contributed by atoms with Crippen LogP contribution in [0.15, 0.2) is 42.5 Å². The Bertz CT molecular complexity index is 924. The van der Waals surface area contributed by atoms with E-state index in [1.54, 1.807) is 7.11 Å². The minimum atomic E-state index is -0.294. The number of ether oxygens (including phenoxy) is 2. The Balaban J connectivity index is 1.68. The van der Waals surface area contributed by atoms with Crippen LogP contribution in [0.25, 0.3) is 11.0 Å². The summed E-state index contributed by atoms with van der Waals surface area (Å²) < 4.78 is 11.2. The zero-order valence-corrected chi connectivity index (χ0v) is 16.4. The second-order valence-corrected chi connectivity index (χ2v) is 7.28. The van der Waals surface area contributed by atoms with E-state index in [1.165, 1.54) is 11.8 Å². The predicted octanol–water partition coefficient (Wildman–Crippen LogP) is 3.47. The van der Waals surface area contributed by atoms with Crippen LogP contribution < -0.4 is 15.2 Å². The molecule has 0 saturated carbocycles. The molecule has 0 saturated heterocycles. The molecule has 27 heavy (non-hydrogen) atoms. The summed E-state index contributed by atoms with van der Waals surface area (Å²) in [5.41, 5.74) is 8.22. The number of fused-ring (bicyclic) bond motifs is 1. The van der Waals surface area contributed by atoms with Crippen molar-refractivity contribution in [3.05, 3.63) is 53.9 Å². The fourth-order valence-corrected chi connectivity index (χ4v) is 3.40. The summed E-state index contributed by atoms with van der Waals surface area (Å²) in [5, 5.41) is -0.219. The molecular formula is C20H23N3O3S. The fourth-order valence-electron chi connectivity index (χ4n) is 2.81. The van der Waals surface area contributed by atoms with E-state index in [2.05, 4.69) is 9.97 Å². The van der Waals surface area contributed by atoms with Crippen LogP contribution >= 0.6 is 11.8 Å². The molecule has 0 radical (unpaired) electrons. The van der Waals surface area contributed by atoms with E-state index in [-0.39, 0.29) is 17.3 Å². The van der Waals surface area contributed by atoms with Gasteiger partial charge in [0.1, 0.15) is 17.3 Å². The van der Waals surface area contributed by atoms with Crippen LogP contribution in [0.4, 0.5) is 0 Å². The molecule has 1 aromatic heterocycles. The first-order chi connectivity index (χ1) is 13.0. The van der Waals surface area contributed by atoms with Gasteiger partial charge in [-0.2, -0.15) is 11.8 Å². The van der Waals surface area contributed by atoms with Crippen LogP contribution in [-0.4, -0.2) is 34.5 Å². The lowest BCUT2D eigenvalue weighted by Crippen LogP contribution is -2.27. The van der Waals surface area contributed by atoms with Gasteiger partial charge in [0, 0.05) is 6.07 Å². The third-order valence-corrected chi connectivity index (χ3v) is 5.32. The second-order valence-electron chi connectivity index (χ2n) is 6.24. The highest BCUT2D eigenvalue weighted by Gasteiger charge is 2.15. The molecule has 3 aromatic rings. The number of nitrogens with one attached hydrogen (secondary N) is 1. The number of hydrogen-bond acceptors (Lipinski definition) is 5. The second kappa shape index (κ2) is 8.35. The molecule has 0 aliphatic heterocycles. The van der Waals surface area contributed by atoms with Crippen molar-refractivity contribution in [2.75, 3.05) is 13.4 Å². The Morgan fingerprint density at radius 3 is 2.56 bits per heavy atom. The molecule has 0 bridgehead atoms. The third-order valence-electron chi connectivity index (χ3n) is 4.35. The largest absolute Gasteiger partial charge is 0.497 e. The molecule has 3 N–H and O–H groups in total. The number of amides is 1. The van der Waals surface area contributed by atoms with E-state index in [0.29, 0.717) is 6.42 Å². The van der Waals surface area contributed by atoms with Gasteiger partial charge in [0.05, 0.1) is 23.4 Å². The van der Waals surface area contributed by atoms with Crippen molar-refractivity contribution in [1.29, 1.82) is 0 Å². The summed E-state index contributed by atoms with van der Waals surface area (Å²) in [6.07, 6.45) is 2.26. The van der Waals surface area contributed by atoms with Crippen LogP contribution in [0.1, 0.15) is 24.4 Å². The van der Waals surface area contributed by atoms with Crippen molar-refractivity contribution >= 4 is 28.7 Å². The first kappa shape index (κ1) is 19.1. The number of benzene rings is 2. The highest BCUT2D eigenvalue weighted by molar-refractivity contribution is 7.99. The molecule has 1 heterocycles. The minimum Gasteiger partial charge on any atom is -0.497 e. The molecular weight excluding hydrogens is 362 g/mol. The van der Waals surface area contributed by atoms with E-state index < -0.39 is 0 Å². The van der Waals surface area contributed by atoms with Crippen molar-refractivity contribution < 1.29 is 14.3 Å². The van der Waals surface area contributed by atoms with Gasteiger partial charge >= 0.3 is 0 Å². The molecule has 0 fully saturated rings. The maximum atomic E-state index is 11.4. The Labute approximate surface area is 162 Å². The number of carbonyl (C=O) groups is 1. The number of aromatic amines is 1. The number of imidazole rings is 1. The van der Waals surface area contributed by atoms with Crippen LogP contribution in [0.5, 0.6) is 11.5 Å². The summed E-state index contributed by atoms with van der Waals surface area (Å²) in [4.78, 5) is 19.2. The number of rotatable bonds is 8. The van der Waals surface area contributed by atoms with Crippen molar-refractivity contribution in [3.8, 4) is 11.5 Å². The average Bonchev–Trinajstić information content (AvgIpc) is 3.10. The van der Waals surface area contributed by atoms with Gasteiger partial charge in [-0.1, -0.05) is 12.1 Å². The molecule has 2 unspecified atom stereocenters. The summed E-state index contributed by atoms with van der Waals surface area (Å²) in [7, 11) is 1.64. The average molecular weight is 385 g/mol. The molecule has 0 aliphatic carbocycles. The number of thioether (sulfide) groups is 1. The zero-order valence-electron chi connectivity index (χ0n) is 15.6. The molecule has 0 aliphatic rings. The van der Waals surface area contributed by atoms with E-state index in [9.17, 15) is 4.79 Å². The molecule has 2 aromatic carbocycles. The van der Waals surface area contributed by atoms with Crippen LogP contribution in [0.2, 0.25) is 0 Å². The van der Waals surface area contributed by atoms with E-state index in [0.717, 1.165) is 33.9 Å². The lowest BCUT2D eigenvalue weighted by molar-refractivity contribution is -0.117. The Morgan fingerprint density at radius 1 is 1.22 bits per heavy atom. The van der Waals surface area contributed by atoms with Crippen LogP contribution in [-0.2, 0) is 11.2 Å². The SMILES string of the molecule is COc1ccc2nc(C(C)Oc3ccc(CC(SC)C(N)=O)cc3)[nH]c2c1. The van der Waals surface area contributed by atoms with Crippen LogP contribution in [0.3, 0.4) is 0 Å². The molecule has 7 heteroatoms. The zero-order chi connectivity index (χ0) is 19.4. The van der Waals surface area contributed by atoms with Crippen molar-refractivity contribution in [2.45, 2.75) is 24.7 Å². The maximum Gasteiger partial charge on any atom is 0.230 e. The number of methoxy groups -OCH3 is 1. The summed E-state index contributed by atoms with van der Waals surface area (Å²) in [5.74, 6) is 1.97. The van der Waals surface area contributed by atoms with Gasteiger partial charge < -0.3 is 20.2 Å². The van der Waals surface area contributed by atoms with Crippen molar-refractivity contribution in [3.63, 3.8) is 0 Å². The summed E-state index contributed by atoms with van der Waals surface area (Å²) in [6, 6.07) is 13.4. The Morgan fingerprint density at radius 2 is 1.93 bits per heavy atom. The number of carbonyl (C=O) groups excluding carboxylic acids is 1. The number of hydrogen-bond donors (Lipinski definition) is 2. The van der Waals surface area contributed by atoms with Crippen molar-refractivity contribution in [1.82, 2.24) is 9.97 Å². The minimum absolute atomic E-state index is 0.219. The first-order valence-corrected chi connectivity index (χ1v) is 9.90. The number of nitrogens with zero attached hydrogens (tertiary/aromatic N) is 1. The summed E-state index contributed by atoms with van der Waals surface area (Å²) in [6.45, 7) is 1.94. The highest BCUT2D eigenvalue weighted by Crippen LogP contribution is 2.25. The number of aromatic nitrogens is 2. The highest BCUT2D eigenvalue weighted by atomic mass is 32.2. The van der Waals surface area contributed by atoms with E-state index in [1.807, 2.05) is 55.6 Å². The molecule has 6 nitrogen and oxygen atoms in total. The van der Waals surface area contributed by atoms with Gasteiger partial charge in [-0.15, -0.1) is 0 Å². The standard InChI is InChI=1S/C20H23N3O3S/c1-12(20-22-16-9-8-15(25-2)11-17(16)23-20)26-14-6-4-13(5-7-14)10-18(27-3)19(21)24/h4-9,11-12,18H,10H2,1-3H3,(H2,21,24)(H,22,23).